The molecule has 1 aliphatic heterocycles. The van der Waals surface area contributed by atoms with Gasteiger partial charge < -0.3 is 14.8 Å². The SMILES string of the molecule is COc1ccc(C(=O)Nc2ccc3c(c2)C(=O)NC3=O)c(OC)c1. The zero-order valence-electron chi connectivity index (χ0n) is 13.0. The van der Waals surface area contributed by atoms with Crippen LogP contribution in [-0.2, 0) is 0 Å². The summed E-state index contributed by atoms with van der Waals surface area (Å²) in [6.07, 6.45) is 0. The maximum absolute atomic E-state index is 12.4. The van der Waals surface area contributed by atoms with Crippen molar-refractivity contribution in [3.63, 3.8) is 0 Å². The largest absolute Gasteiger partial charge is 0.497 e. The summed E-state index contributed by atoms with van der Waals surface area (Å²) in [4.78, 5) is 35.6. The average molecular weight is 326 g/mol. The number of benzene rings is 2. The first kappa shape index (κ1) is 15.5. The first-order valence-corrected chi connectivity index (χ1v) is 7.06. The Morgan fingerprint density at radius 3 is 2.42 bits per heavy atom. The molecular formula is C17H14N2O5. The van der Waals surface area contributed by atoms with Gasteiger partial charge in [0.1, 0.15) is 11.5 Å². The molecule has 0 bridgehead atoms. The Morgan fingerprint density at radius 1 is 0.958 bits per heavy atom. The van der Waals surface area contributed by atoms with Crippen molar-refractivity contribution in [2.24, 2.45) is 0 Å². The third-order valence-electron chi connectivity index (χ3n) is 3.65. The molecule has 0 radical (unpaired) electrons. The summed E-state index contributed by atoms with van der Waals surface area (Å²) in [5.74, 6) is -0.394. The van der Waals surface area contributed by atoms with Crippen LogP contribution in [0.5, 0.6) is 11.5 Å². The summed E-state index contributed by atoms with van der Waals surface area (Å²) in [5, 5.41) is 4.89. The molecule has 7 nitrogen and oxygen atoms in total. The Labute approximate surface area is 137 Å². The van der Waals surface area contributed by atoms with Crippen LogP contribution in [-0.4, -0.2) is 31.9 Å². The van der Waals surface area contributed by atoms with Gasteiger partial charge in [-0.05, 0) is 30.3 Å². The van der Waals surface area contributed by atoms with Crippen molar-refractivity contribution in [1.82, 2.24) is 5.32 Å². The molecule has 0 atom stereocenters. The van der Waals surface area contributed by atoms with E-state index in [-0.39, 0.29) is 5.56 Å². The minimum Gasteiger partial charge on any atom is -0.497 e. The van der Waals surface area contributed by atoms with E-state index in [4.69, 9.17) is 9.47 Å². The summed E-state index contributed by atoms with van der Waals surface area (Å²) >= 11 is 0. The molecule has 0 spiro atoms. The Balaban J connectivity index is 1.87. The van der Waals surface area contributed by atoms with Crippen molar-refractivity contribution in [1.29, 1.82) is 0 Å². The first-order chi connectivity index (χ1) is 11.5. The molecule has 0 saturated carbocycles. The minimum atomic E-state index is -0.479. The Kier molecular flexibility index (Phi) is 3.91. The van der Waals surface area contributed by atoms with E-state index in [0.717, 1.165) is 0 Å². The summed E-state index contributed by atoms with van der Waals surface area (Å²) in [6, 6.07) is 9.34. The number of hydrogen-bond acceptors (Lipinski definition) is 5. The lowest BCUT2D eigenvalue weighted by atomic mass is 10.1. The molecule has 1 heterocycles. The van der Waals surface area contributed by atoms with Gasteiger partial charge in [-0.15, -0.1) is 0 Å². The monoisotopic (exact) mass is 326 g/mol. The highest BCUT2D eigenvalue weighted by Gasteiger charge is 2.27. The predicted molar refractivity (Wildman–Crippen MR) is 85.7 cm³/mol. The van der Waals surface area contributed by atoms with Crippen molar-refractivity contribution in [3.8, 4) is 11.5 Å². The van der Waals surface area contributed by atoms with E-state index in [9.17, 15) is 14.4 Å². The molecular weight excluding hydrogens is 312 g/mol. The molecule has 0 aliphatic carbocycles. The maximum Gasteiger partial charge on any atom is 0.259 e. The van der Waals surface area contributed by atoms with E-state index in [1.165, 1.54) is 26.4 Å². The second kappa shape index (κ2) is 6.04. The Hall–Kier alpha value is -3.35. The van der Waals surface area contributed by atoms with Crippen LogP contribution in [0.3, 0.4) is 0 Å². The molecule has 2 N–H and O–H groups in total. The molecule has 0 unspecified atom stereocenters. The van der Waals surface area contributed by atoms with Crippen LogP contribution < -0.4 is 20.1 Å². The van der Waals surface area contributed by atoms with Crippen molar-refractivity contribution >= 4 is 23.4 Å². The lowest BCUT2D eigenvalue weighted by molar-refractivity contribution is 0.0878. The molecule has 7 heteroatoms. The quantitative estimate of drug-likeness (QED) is 0.836. The van der Waals surface area contributed by atoms with E-state index in [1.807, 2.05) is 0 Å². The molecule has 0 fully saturated rings. The second-order valence-electron chi connectivity index (χ2n) is 5.06. The first-order valence-electron chi connectivity index (χ1n) is 7.06. The van der Waals surface area contributed by atoms with Crippen LogP contribution in [0.25, 0.3) is 0 Å². The number of anilines is 1. The third-order valence-corrected chi connectivity index (χ3v) is 3.65. The lowest BCUT2D eigenvalue weighted by Crippen LogP contribution is -2.19. The smallest absolute Gasteiger partial charge is 0.259 e. The van der Waals surface area contributed by atoms with Crippen LogP contribution in [0, 0.1) is 0 Å². The lowest BCUT2D eigenvalue weighted by Gasteiger charge is -2.11. The van der Waals surface area contributed by atoms with Gasteiger partial charge in [-0.25, -0.2) is 0 Å². The fraction of sp³-hybridized carbons (Fsp3) is 0.118. The minimum absolute atomic E-state index is 0.236. The molecule has 122 valence electrons. The van der Waals surface area contributed by atoms with Crippen molar-refractivity contribution < 1.29 is 23.9 Å². The molecule has 3 amide bonds. The highest BCUT2D eigenvalue weighted by molar-refractivity contribution is 6.22. The van der Waals surface area contributed by atoms with Crippen LogP contribution in [0.4, 0.5) is 5.69 Å². The average Bonchev–Trinajstić information content (AvgIpc) is 2.88. The van der Waals surface area contributed by atoms with Crippen molar-refractivity contribution in [2.45, 2.75) is 0 Å². The van der Waals surface area contributed by atoms with E-state index < -0.39 is 17.7 Å². The number of fused-ring (bicyclic) bond motifs is 1. The number of rotatable bonds is 4. The molecule has 3 rings (SSSR count). The summed E-state index contributed by atoms with van der Waals surface area (Å²) in [6.45, 7) is 0. The van der Waals surface area contributed by atoms with Gasteiger partial charge in [-0.2, -0.15) is 0 Å². The fourth-order valence-electron chi connectivity index (χ4n) is 2.43. The third kappa shape index (κ3) is 2.67. The van der Waals surface area contributed by atoms with Crippen molar-refractivity contribution in [2.75, 3.05) is 19.5 Å². The van der Waals surface area contributed by atoms with Gasteiger partial charge in [-0.3, -0.25) is 19.7 Å². The zero-order valence-corrected chi connectivity index (χ0v) is 13.0. The second-order valence-corrected chi connectivity index (χ2v) is 5.06. The summed E-state index contributed by atoms with van der Waals surface area (Å²) in [5.41, 5.74) is 1.25. The van der Waals surface area contributed by atoms with Gasteiger partial charge in [0.05, 0.1) is 30.9 Å². The number of imide groups is 1. The number of methoxy groups -OCH3 is 2. The number of amides is 3. The highest BCUT2D eigenvalue weighted by Crippen LogP contribution is 2.26. The predicted octanol–water partition coefficient (Wildman–Crippen LogP) is 1.84. The van der Waals surface area contributed by atoms with Crippen LogP contribution in [0.2, 0.25) is 0 Å². The molecule has 1 aliphatic rings. The number of nitrogens with one attached hydrogen (secondary N) is 2. The van der Waals surface area contributed by atoms with Gasteiger partial charge in [0, 0.05) is 11.8 Å². The Morgan fingerprint density at radius 2 is 1.71 bits per heavy atom. The summed E-state index contributed by atoms with van der Waals surface area (Å²) < 4.78 is 10.3. The van der Waals surface area contributed by atoms with Crippen LogP contribution >= 0.6 is 0 Å². The molecule has 2 aromatic carbocycles. The Bertz CT molecular complexity index is 860. The molecule has 0 saturated heterocycles. The van der Waals surface area contributed by atoms with Gasteiger partial charge >= 0.3 is 0 Å². The topological polar surface area (TPSA) is 93.7 Å². The van der Waals surface area contributed by atoms with E-state index in [1.54, 1.807) is 24.3 Å². The van der Waals surface area contributed by atoms with Gasteiger partial charge in [-0.1, -0.05) is 0 Å². The standard InChI is InChI=1S/C17H14N2O5/c1-23-10-4-6-12(14(8-10)24-2)16(21)18-9-3-5-11-13(7-9)17(22)19-15(11)20/h3-8H,1-2H3,(H,18,21)(H,19,20,22). The highest BCUT2D eigenvalue weighted by atomic mass is 16.5. The molecule has 24 heavy (non-hydrogen) atoms. The molecule has 2 aromatic rings. The van der Waals surface area contributed by atoms with Crippen LogP contribution in [0.1, 0.15) is 31.1 Å². The van der Waals surface area contributed by atoms with E-state index in [2.05, 4.69) is 10.6 Å². The van der Waals surface area contributed by atoms with E-state index in [0.29, 0.717) is 28.3 Å². The van der Waals surface area contributed by atoms with Crippen molar-refractivity contribution in [3.05, 3.63) is 53.1 Å². The number of ether oxygens (including phenoxy) is 2. The summed E-state index contributed by atoms with van der Waals surface area (Å²) in [7, 11) is 2.97. The number of hydrogen-bond donors (Lipinski definition) is 2. The molecule has 0 aromatic heterocycles. The zero-order chi connectivity index (χ0) is 17.3. The van der Waals surface area contributed by atoms with Gasteiger partial charge in [0.15, 0.2) is 0 Å². The van der Waals surface area contributed by atoms with Crippen LogP contribution in [0.15, 0.2) is 36.4 Å². The van der Waals surface area contributed by atoms with E-state index >= 15 is 0 Å². The fourth-order valence-corrected chi connectivity index (χ4v) is 2.43. The van der Waals surface area contributed by atoms with Gasteiger partial charge in [0.25, 0.3) is 17.7 Å². The van der Waals surface area contributed by atoms with Gasteiger partial charge in [0.2, 0.25) is 0 Å². The maximum atomic E-state index is 12.4. The number of carbonyl (C=O) groups is 3. The normalized spacial score (nSPS) is 12.4. The number of carbonyl (C=O) groups excluding carboxylic acids is 3.